The van der Waals surface area contributed by atoms with Gasteiger partial charge in [-0.2, -0.15) is 0 Å². The summed E-state index contributed by atoms with van der Waals surface area (Å²) in [5.41, 5.74) is 2.71. The molecule has 1 heterocycles. The molecular formula is C18H17NO3. The van der Waals surface area contributed by atoms with E-state index < -0.39 is 18.0 Å². The van der Waals surface area contributed by atoms with E-state index in [1.807, 2.05) is 60.8 Å². The van der Waals surface area contributed by atoms with Crippen LogP contribution < -0.4 is 0 Å². The number of fused-ring (bicyclic) bond motifs is 1. The third-order valence-electron chi connectivity index (χ3n) is 3.87. The first-order valence-corrected chi connectivity index (χ1v) is 7.09. The molecule has 0 aliphatic carbocycles. The summed E-state index contributed by atoms with van der Waals surface area (Å²) in [5, 5.41) is 11.5. The molecule has 2 N–H and O–H groups in total. The Labute approximate surface area is 128 Å². The molecule has 0 aliphatic rings. The van der Waals surface area contributed by atoms with Crippen LogP contribution in [0.4, 0.5) is 0 Å². The molecule has 2 aromatic carbocycles. The van der Waals surface area contributed by atoms with Crippen LogP contribution in [0, 0.1) is 0 Å². The van der Waals surface area contributed by atoms with Crippen molar-refractivity contribution in [1.29, 1.82) is 0 Å². The average Bonchev–Trinajstić information content (AvgIpc) is 2.99. The Kier molecular flexibility index (Phi) is 3.94. The number of aromatic amines is 1. The molecule has 22 heavy (non-hydrogen) atoms. The van der Waals surface area contributed by atoms with Gasteiger partial charge in [0.05, 0.1) is 7.11 Å². The Morgan fingerprint density at radius 3 is 2.50 bits per heavy atom. The SMILES string of the molecule is COC(=O)C(O)C(c1ccccc1)c1c[nH]c2ccccc12. The highest BCUT2D eigenvalue weighted by Gasteiger charge is 2.31. The summed E-state index contributed by atoms with van der Waals surface area (Å²) in [6.45, 7) is 0. The van der Waals surface area contributed by atoms with Crippen molar-refractivity contribution in [2.24, 2.45) is 0 Å². The van der Waals surface area contributed by atoms with Crippen molar-refractivity contribution in [2.75, 3.05) is 7.11 Å². The molecule has 1 aromatic heterocycles. The molecular weight excluding hydrogens is 278 g/mol. The van der Waals surface area contributed by atoms with Crippen LogP contribution >= 0.6 is 0 Å². The Morgan fingerprint density at radius 1 is 1.09 bits per heavy atom. The maximum atomic E-state index is 11.9. The summed E-state index contributed by atoms with van der Waals surface area (Å²) in [6.07, 6.45) is 0.584. The van der Waals surface area contributed by atoms with Crippen LogP contribution in [0.5, 0.6) is 0 Å². The number of benzene rings is 2. The van der Waals surface area contributed by atoms with Crippen LogP contribution in [-0.2, 0) is 9.53 Å². The van der Waals surface area contributed by atoms with Crippen molar-refractivity contribution in [3.05, 3.63) is 71.9 Å². The summed E-state index contributed by atoms with van der Waals surface area (Å²) < 4.78 is 4.73. The van der Waals surface area contributed by atoms with Crippen molar-refractivity contribution in [1.82, 2.24) is 4.98 Å². The highest BCUT2D eigenvalue weighted by atomic mass is 16.5. The molecule has 0 amide bonds. The number of H-pyrrole nitrogens is 1. The number of ether oxygens (including phenoxy) is 1. The van der Waals surface area contributed by atoms with Crippen LogP contribution in [0.1, 0.15) is 17.0 Å². The minimum Gasteiger partial charge on any atom is -0.467 e. The molecule has 4 nitrogen and oxygen atoms in total. The van der Waals surface area contributed by atoms with Gasteiger partial charge in [0, 0.05) is 23.0 Å². The van der Waals surface area contributed by atoms with E-state index in [1.54, 1.807) is 0 Å². The molecule has 0 saturated heterocycles. The number of hydrogen-bond donors (Lipinski definition) is 2. The van der Waals surface area contributed by atoms with Gasteiger partial charge in [-0.1, -0.05) is 48.5 Å². The maximum absolute atomic E-state index is 11.9. The van der Waals surface area contributed by atoms with E-state index in [1.165, 1.54) is 7.11 Å². The zero-order valence-electron chi connectivity index (χ0n) is 12.2. The molecule has 4 heteroatoms. The molecule has 2 atom stereocenters. The minimum atomic E-state index is -1.26. The molecule has 0 bridgehead atoms. The quantitative estimate of drug-likeness (QED) is 0.728. The Bertz CT molecular complexity index is 779. The number of nitrogens with one attached hydrogen (secondary N) is 1. The van der Waals surface area contributed by atoms with Gasteiger partial charge in [0.2, 0.25) is 0 Å². The Morgan fingerprint density at radius 2 is 1.77 bits per heavy atom. The first-order valence-electron chi connectivity index (χ1n) is 7.09. The highest BCUT2D eigenvalue weighted by molar-refractivity contribution is 5.86. The Balaban J connectivity index is 2.15. The Hall–Kier alpha value is -2.59. The highest BCUT2D eigenvalue weighted by Crippen LogP contribution is 2.33. The zero-order valence-corrected chi connectivity index (χ0v) is 12.2. The van der Waals surface area contributed by atoms with E-state index in [9.17, 15) is 9.90 Å². The molecule has 2 unspecified atom stereocenters. The van der Waals surface area contributed by atoms with Crippen molar-refractivity contribution < 1.29 is 14.6 Å². The number of rotatable bonds is 4. The van der Waals surface area contributed by atoms with E-state index in [0.717, 1.165) is 22.0 Å². The van der Waals surface area contributed by atoms with Gasteiger partial charge in [-0.25, -0.2) is 4.79 Å². The lowest BCUT2D eigenvalue weighted by Crippen LogP contribution is -2.29. The van der Waals surface area contributed by atoms with Gasteiger partial charge in [-0.15, -0.1) is 0 Å². The lowest BCUT2D eigenvalue weighted by atomic mass is 9.86. The topological polar surface area (TPSA) is 62.3 Å². The standard InChI is InChI=1S/C18H17NO3/c1-22-18(21)17(20)16(12-7-3-2-4-8-12)14-11-19-15-10-6-5-9-13(14)15/h2-11,16-17,19-20H,1H3. The number of para-hydroxylation sites is 1. The summed E-state index contributed by atoms with van der Waals surface area (Å²) in [4.78, 5) is 15.1. The second-order valence-corrected chi connectivity index (χ2v) is 5.15. The predicted molar refractivity (Wildman–Crippen MR) is 84.6 cm³/mol. The fourth-order valence-corrected chi connectivity index (χ4v) is 2.80. The predicted octanol–water partition coefficient (Wildman–Crippen LogP) is 2.83. The summed E-state index contributed by atoms with van der Waals surface area (Å²) >= 11 is 0. The van der Waals surface area contributed by atoms with Gasteiger partial charge < -0.3 is 14.8 Å². The molecule has 3 rings (SSSR count). The van der Waals surface area contributed by atoms with Gasteiger partial charge in [-0.3, -0.25) is 0 Å². The largest absolute Gasteiger partial charge is 0.467 e. The second-order valence-electron chi connectivity index (χ2n) is 5.15. The van der Waals surface area contributed by atoms with E-state index in [-0.39, 0.29) is 0 Å². The van der Waals surface area contributed by atoms with Crippen molar-refractivity contribution in [3.63, 3.8) is 0 Å². The molecule has 0 spiro atoms. The van der Waals surface area contributed by atoms with Crippen molar-refractivity contribution in [2.45, 2.75) is 12.0 Å². The number of esters is 1. The van der Waals surface area contributed by atoms with Gasteiger partial charge in [0.25, 0.3) is 0 Å². The summed E-state index contributed by atoms with van der Waals surface area (Å²) in [6, 6.07) is 17.3. The molecule has 0 fully saturated rings. The molecule has 0 aliphatic heterocycles. The number of aromatic nitrogens is 1. The van der Waals surface area contributed by atoms with Gasteiger partial charge in [0.1, 0.15) is 0 Å². The maximum Gasteiger partial charge on any atom is 0.335 e. The smallest absolute Gasteiger partial charge is 0.335 e. The second kappa shape index (κ2) is 6.03. The number of carbonyl (C=O) groups excluding carboxylic acids is 1. The fraction of sp³-hybridized carbons (Fsp3) is 0.167. The summed E-state index contributed by atoms with van der Waals surface area (Å²) in [5.74, 6) is -1.12. The van der Waals surface area contributed by atoms with E-state index >= 15 is 0 Å². The van der Waals surface area contributed by atoms with Crippen LogP contribution in [0.25, 0.3) is 10.9 Å². The number of methoxy groups -OCH3 is 1. The summed E-state index contributed by atoms with van der Waals surface area (Å²) in [7, 11) is 1.28. The van der Waals surface area contributed by atoms with Crippen LogP contribution in [0.15, 0.2) is 60.8 Å². The minimum absolute atomic E-state index is 0.482. The molecule has 0 radical (unpaired) electrons. The fourth-order valence-electron chi connectivity index (χ4n) is 2.80. The van der Waals surface area contributed by atoms with E-state index in [0.29, 0.717) is 0 Å². The lowest BCUT2D eigenvalue weighted by Gasteiger charge is -2.21. The number of aliphatic hydroxyl groups excluding tert-OH is 1. The number of aliphatic hydroxyl groups is 1. The van der Waals surface area contributed by atoms with Crippen molar-refractivity contribution >= 4 is 16.9 Å². The van der Waals surface area contributed by atoms with Gasteiger partial charge in [0.15, 0.2) is 6.10 Å². The van der Waals surface area contributed by atoms with Crippen molar-refractivity contribution in [3.8, 4) is 0 Å². The first-order chi connectivity index (χ1) is 10.7. The van der Waals surface area contributed by atoms with Gasteiger partial charge in [-0.05, 0) is 17.2 Å². The number of carbonyl (C=O) groups is 1. The molecule has 0 saturated carbocycles. The third-order valence-corrected chi connectivity index (χ3v) is 3.87. The molecule has 112 valence electrons. The van der Waals surface area contributed by atoms with Crippen LogP contribution in [-0.4, -0.2) is 29.3 Å². The monoisotopic (exact) mass is 295 g/mol. The number of hydrogen-bond acceptors (Lipinski definition) is 3. The zero-order chi connectivity index (χ0) is 15.5. The van der Waals surface area contributed by atoms with Crippen LogP contribution in [0.3, 0.4) is 0 Å². The third kappa shape index (κ3) is 2.49. The lowest BCUT2D eigenvalue weighted by molar-refractivity contribution is -0.151. The van der Waals surface area contributed by atoms with E-state index in [4.69, 9.17) is 4.74 Å². The normalized spacial score (nSPS) is 13.7. The van der Waals surface area contributed by atoms with E-state index in [2.05, 4.69) is 4.98 Å². The first kappa shape index (κ1) is 14.4. The van der Waals surface area contributed by atoms with Gasteiger partial charge >= 0.3 is 5.97 Å². The average molecular weight is 295 g/mol. The van der Waals surface area contributed by atoms with Crippen LogP contribution in [0.2, 0.25) is 0 Å². The molecule has 3 aromatic rings.